The molecule has 1 N–H and O–H groups in total. The summed E-state index contributed by atoms with van der Waals surface area (Å²) in [7, 11) is 3.06. The van der Waals surface area contributed by atoms with Gasteiger partial charge in [0, 0.05) is 31.2 Å². The summed E-state index contributed by atoms with van der Waals surface area (Å²) >= 11 is 0. The number of hydrogen-bond donors (Lipinski definition) is 1. The number of methoxy groups -OCH3 is 2. The fraction of sp³-hybridized carbons (Fsp3) is 0.381. The van der Waals surface area contributed by atoms with E-state index in [1.165, 1.54) is 13.2 Å². The van der Waals surface area contributed by atoms with Crippen LogP contribution in [0.15, 0.2) is 42.5 Å². The number of hydrogen-bond acceptors (Lipinski definition) is 4. The first-order valence-electron chi connectivity index (χ1n) is 9.08. The normalized spacial score (nSPS) is 15.4. The Bertz CT molecular complexity index is 771. The highest BCUT2D eigenvalue weighted by atomic mass is 19.1. The monoisotopic (exact) mass is 372 g/mol. The van der Waals surface area contributed by atoms with Gasteiger partial charge < -0.3 is 14.8 Å². The summed E-state index contributed by atoms with van der Waals surface area (Å²) in [5.41, 5.74) is 1.56. The molecule has 0 unspecified atom stereocenters. The second kappa shape index (κ2) is 8.86. The van der Waals surface area contributed by atoms with E-state index >= 15 is 0 Å². The van der Waals surface area contributed by atoms with Crippen molar-refractivity contribution >= 4 is 5.91 Å². The van der Waals surface area contributed by atoms with Gasteiger partial charge in [-0.05, 0) is 54.8 Å². The predicted octanol–water partition coefficient (Wildman–Crippen LogP) is 3.24. The van der Waals surface area contributed by atoms with Gasteiger partial charge in [-0.15, -0.1) is 0 Å². The zero-order valence-corrected chi connectivity index (χ0v) is 15.7. The van der Waals surface area contributed by atoms with E-state index in [1.807, 2.05) is 6.07 Å². The van der Waals surface area contributed by atoms with E-state index in [1.54, 1.807) is 37.4 Å². The fourth-order valence-electron chi connectivity index (χ4n) is 3.31. The Morgan fingerprint density at radius 2 is 1.81 bits per heavy atom. The number of ether oxygens (including phenoxy) is 2. The number of carbonyl (C=O) groups is 1. The Hall–Kier alpha value is -2.60. The molecule has 2 aromatic rings. The fourth-order valence-corrected chi connectivity index (χ4v) is 3.31. The van der Waals surface area contributed by atoms with Crippen molar-refractivity contribution in [2.75, 3.05) is 27.3 Å². The van der Waals surface area contributed by atoms with E-state index in [9.17, 15) is 9.18 Å². The van der Waals surface area contributed by atoms with Crippen LogP contribution in [0.4, 0.5) is 4.39 Å². The van der Waals surface area contributed by atoms with Gasteiger partial charge in [0.05, 0.1) is 14.2 Å². The highest BCUT2D eigenvalue weighted by Crippen LogP contribution is 2.20. The van der Waals surface area contributed by atoms with Gasteiger partial charge in [-0.3, -0.25) is 9.69 Å². The van der Waals surface area contributed by atoms with Crippen LogP contribution in [-0.4, -0.2) is 44.2 Å². The average Bonchev–Trinajstić information content (AvgIpc) is 2.69. The van der Waals surface area contributed by atoms with Crippen LogP contribution in [0.2, 0.25) is 0 Å². The van der Waals surface area contributed by atoms with Crippen molar-refractivity contribution in [3.8, 4) is 11.5 Å². The molecule has 0 aromatic heterocycles. The summed E-state index contributed by atoms with van der Waals surface area (Å²) in [6.45, 7) is 2.42. The third-order valence-electron chi connectivity index (χ3n) is 4.90. The average molecular weight is 372 g/mol. The molecule has 1 aliphatic rings. The molecule has 0 aliphatic carbocycles. The Morgan fingerprint density at radius 1 is 1.11 bits per heavy atom. The zero-order chi connectivity index (χ0) is 19.2. The summed E-state index contributed by atoms with van der Waals surface area (Å²) in [6.07, 6.45) is 1.75. The van der Waals surface area contributed by atoms with Crippen LogP contribution in [0.3, 0.4) is 0 Å². The molecule has 1 amide bonds. The van der Waals surface area contributed by atoms with Gasteiger partial charge in [0.15, 0.2) is 11.6 Å². The first kappa shape index (κ1) is 19.2. The molecule has 0 bridgehead atoms. The van der Waals surface area contributed by atoms with Crippen LogP contribution in [0.25, 0.3) is 0 Å². The van der Waals surface area contributed by atoms with Crippen molar-refractivity contribution in [3.63, 3.8) is 0 Å². The molecule has 27 heavy (non-hydrogen) atoms. The second-order valence-corrected chi connectivity index (χ2v) is 6.72. The summed E-state index contributed by atoms with van der Waals surface area (Å²) in [6, 6.07) is 12.3. The lowest BCUT2D eigenvalue weighted by Crippen LogP contribution is -2.44. The molecule has 0 saturated carbocycles. The number of nitrogens with one attached hydrogen (secondary N) is 1. The zero-order valence-electron chi connectivity index (χ0n) is 15.7. The van der Waals surface area contributed by atoms with Crippen molar-refractivity contribution in [1.82, 2.24) is 10.2 Å². The topological polar surface area (TPSA) is 50.8 Å². The smallest absolute Gasteiger partial charge is 0.251 e. The van der Waals surface area contributed by atoms with Gasteiger partial charge >= 0.3 is 0 Å². The maximum Gasteiger partial charge on any atom is 0.251 e. The minimum atomic E-state index is -0.336. The molecular formula is C21H25FN2O3. The minimum Gasteiger partial charge on any atom is -0.497 e. The van der Waals surface area contributed by atoms with Crippen LogP contribution >= 0.6 is 0 Å². The SMILES string of the molecule is COc1ccc(C(=O)NC2CCN(Cc3ccc(OC)c(F)c3)CC2)cc1. The molecule has 0 radical (unpaired) electrons. The molecule has 144 valence electrons. The quantitative estimate of drug-likeness (QED) is 0.846. The lowest BCUT2D eigenvalue weighted by Gasteiger charge is -2.32. The molecule has 6 heteroatoms. The number of carbonyl (C=O) groups excluding carboxylic acids is 1. The van der Waals surface area contributed by atoms with Crippen molar-refractivity contribution in [2.24, 2.45) is 0 Å². The van der Waals surface area contributed by atoms with Crippen LogP contribution in [0.5, 0.6) is 11.5 Å². The first-order valence-corrected chi connectivity index (χ1v) is 9.08. The highest BCUT2D eigenvalue weighted by Gasteiger charge is 2.21. The third kappa shape index (κ3) is 4.98. The molecule has 0 atom stereocenters. The third-order valence-corrected chi connectivity index (χ3v) is 4.90. The predicted molar refractivity (Wildman–Crippen MR) is 102 cm³/mol. The lowest BCUT2D eigenvalue weighted by atomic mass is 10.0. The Labute approximate surface area is 159 Å². The number of rotatable bonds is 6. The number of amides is 1. The molecule has 5 nitrogen and oxygen atoms in total. The number of halogens is 1. The first-order chi connectivity index (χ1) is 13.1. The van der Waals surface area contributed by atoms with E-state index in [0.29, 0.717) is 12.1 Å². The summed E-state index contributed by atoms with van der Waals surface area (Å²) in [4.78, 5) is 14.6. The van der Waals surface area contributed by atoms with E-state index in [4.69, 9.17) is 9.47 Å². The van der Waals surface area contributed by atoms with E-state index in [0.717, 1.165) is 37.2 Å². The van der Waals surface area contributed by atoms with Crippen molar-refractivity contribution in [2.45, 2.75) is 25.4 Å². The molecule has 2 aromatic carbocycles. The van der Waals surface area contributed by atoms with Crippen LogP contribution < -0.4 is 14.8 Å². The number of benzene rings is 2. The van der Waals surface area contributed by atoms with Crippen molar-refractivity contribution < 1.29 is 18.7 Å². The van der Waals surface area contributed by atoms with Crippen molar-refractivity contribution in [1.29, 1.82) is 0 Å². The van der Waals surface area contributed by atoms with Crippen LogP contribution in [0, 0.1) is 5.82 Å². The molecule has 1 fully saturated rings. The molecular weight excluding hydrogens is 347 g/mol. The second-order valence-electron chi connectivity index (χ2n) is 6.72. The van der Waals surface area contributed by atoms with E-state index in [2.05, 4.69) is 10.2 Å². The number of piperidine rings is 1. The molecule has 1 saturated heterocycles. The van der Waals surface area contributed by atoms with Gasteiger partial charge in [-0.2, -0.15) is 0 Å². The van der Waals surface area contributed by atoms with E-state index < -0.39 is 0 Å². The highest BCUT2D eigenvalue weighted by molar-refractivity contribution is 5.94. The largest absolute Gasteiger partial charge is 0.497 e. The van der Waals surface area contributed by atoms with Gasteiger partial charge in [-0.25, -0.2) is 4.39 Å². The van der Waals surface area contributed by atoms with Crippen LogP contribution in [0.1, 0.15) is 28.8 Å². The Kier molecular flexibility index (Phi) is 6.29. The van der Waals surface area contributed by atoms with Gasteiger partial charge in [-0.1, -0.05) is 6.07 Å². The molecule has 3 rings (SSSR count). The molecule has 1 aliphatic heterocycles. The van der Waals surface area contributed by atoms with Gasteiger partial charge in [0.25, 0.3) is 5.91 Å². The molecule has 1 heterocycles. The standard InChI is InChI=1S/C21H25FN2O3/c1-26-18-6-4-16(5-7-18)21(25)23-17-9-11-24(12-10-17)14-15-3-8-20(27-2)19(22)13-15/h3-8,13,17H,9-12,14H2,1-2H3,(H,23,25). The molecule has 0 spiro atoms. The number of likely N-dealkylation sites (tertiary alicyclic amines) is 1. The lowest BCUT2D eigenvalue weighted by molar-refractivity contribution is 0.0909. The minimum absolute atomic E-state index is 0.0617. The Morgan fingerprint density at radius 3 is 2.41 bits per heavy atom. The van der Waals surface area contributed by atoms with Crippen molar-refractivity contribution in [3.05, 3.63) is 59.4 Å². The van der Waals surface area contributed by atoms with Gasteiger partial charge in [0.2, 0.25) is 0 Å². The Balaban J connectivity index is 1.48. The summed E-state index contributed by atoms with van der Waals surface area (Å²) < 4.78 is 23.9. The summed E-state index contributed by atoms with van der Waals surface area (Å²) in [5, 5.41) is 3.10. The van der Waals surface area contributed by atoms with Crippen LogP contribution in [-0.2, 0) is 6.54 Å². The number of nitrogens with zero attached hydrogens (tertiary/aromatic N) is 1. The van der Waals surface area contributed by atoms with E-state index in [-0.39, 0.29) is 23.5 Å². The summed E-state index contributed by atoms with van der Waals surface area (Å²) in [5.74, 6) is 0.596. The maximum atomic E-state index is 13.8. The van der Waals surface area contributed by atoms with Gasteiger partial charge in [0.1, 0.15) is 5.75 Å². The maximum absolute atomic E-state index is 13.8.